The predicted molar refractivity (Wildman–Crippen MR) is 107 cm³/mol. The monoisotopic (exact) mass is 386 g/mol. The van der Waals surface area contributed by atoms with Gasteiger partial charge in [-0.15, -0.1) is 0 Å². The highest BCUT2D eigenvalue weighted by Gasteiger charge is 2.24. The van der Waals surface area contributed by atoms with Gasteiger partial charge in [0.05, 0.1) is 5.56 Å². The third-order valence-corrected chi connectivity index (χ3v) is 4.72. The summed E-state index contributed by atoms with van der Waals surface area (Å²) in [7, 11) is 3.81. The fourth-order valence-corrected chi connectivity index (χ4v) is 3.09. The molecular formula is C20H27FN6O. The van der Waals surface area contributed by atoms with Gasteiger partial charge >= 0.3 is 0 Å². The number of nitrogens with zero attached hydrogens (tertiary/aromatic N) is 6. The van der Waals surface area contributed by atoms with Gasteiger partial charge in [0.1, 0.15) is 11.6 Å². The minimum Gasteiger partial charge on any atom is -0.347 e. The highest BCUT2D eigenvalue weighted by Crippen LogP contribution is 2.20. The second kappa shape index (κ2) is 8.50. The van der Waals surface area contributed by atoms with Crippen LogP contribution in [0, 0.1) is 5.82 Å². The van der Waals surface area contributed by atoms with Crippen LogP contribution in [0.4, 0.5) is 16.3 Å². The Hall–Kier alpha value is -2.77. The molecule has 1 fully saturated rings. The van der Waals surface area contributed by atoms with Gasteiger partial charge in [-0.1, -0.05) is 26.0 Å². The molecule has 0 spiro atoms. The van der Waals surface area contributed by atoms with Gasteiger partial charge in [-0.25, -0.2) is 4.39 Å². The molecule has 28 heavy (non-hydrogen) atoms. The van der Waals surface area contributed by atoms with E-state index in [-0.39, 0.29) is 17.4 Å². The van der Waals surface area contributed by atoms with E-state index < -0.39 is 5.82 Å². The number of halogens is 1. The molecule has 0 N–H and O–H groups in total. The molecule has 3 rings (SSSR count). The lowest BCUT2D eigenvalue weighted by molar-refractivity contribution is 0.0762. The maximum Gasteiger partial charge on any atom is 0.256 e. The SMILES string of the molecule is CC(C)c1nc(N(C)C)nc(N2CCCN(C(=O)c3ccccc3F)CC2)n1. The van der Waals surface area contributed by atoms with Crippen LogP contribution in [-0.2, 0) is 0 Å². The predicted octanol–water partition coefficient (Wildman–Crippen LogP) is 2.55. The zero-order chi connectivity index (χ0) is 20.3. The average molecular weight is 386 g/mol. The van der Waals surface area contributed by atoms with Gasteiger partial charge in [0.25, 0.3) is 5.91 Å². The fourth-order valence-electron chi connectivity index (χ4n) is 3.09. The first-order valence-corrected chi connectivity index (χ1v) is 9.59. The first kappa shape index (κ1) is 20.0. The van der Waals surface area contributed by atoms with Crippen LogP contribution in [-0.4, -0.2) is 66.0 Å². The minimum atomic E-state index is -0.483. The second-order valence-electron chi connectivity index (χ2n) is 7.46. The number of carbonyl (C=O) groups excluding carboxylic acids is 1. The van der Waals surface area contributed by atoms with E-state index in [1.54, 1.807) is 17.0 Å². The van der Waals surface area contributed by atoms with E-state index in [1.807, 2.05) is 19.0 Å². The molecule has 7 nitrogen and oxygen atoms in total. The summed E-state index contributed by atoms with van der Waals surface area (Å²) in [6, 6.07) is 6.12. The Morgan fingerprint density at radius 1 is 1.07 bits per heavy atom. The van der Waals surface area contributed by atoms with E-state index >= 15 is 0 Å². The van der Waals surface area contributed by atoms with Crippen molar-refractivity contribution in [2.45, 2.75) is 26.2 Å². The highest BCUT2D eigenvalue weighted by atomic mass is 19.1. The van der Waals surface area contributed by atoms with Crippen LogP contribution in [0.2, 0.25) is 0 Å². The van der Waals surface area contributed by atoms with E-state index in [0.29, 0.717) is 31.5 Å². The molecule has 2 aromatic rings. The number of aromatic nitrogens is 3. The molecule has 0 radical (unpaired) electrons. The zero-order valence-electron chi connectivity index (χ0n) is 16.9. The van der Waals surface area contributed by atoms with Crippen molar-refractivity contribution in [1.29, 1.82) is 0 Å². The molecular weight excluding hydrogens is 359 g/mol. The van der Waals surface area contributed by atoms with Gasteiger partial charge in [-0.3, -0.25) is 4.79 Å². The quantitative estimate of drug-likeness (QED) is 0.805. The van der Waals surface area contributed by atoms with Crippen LogP contribution in [0.1, 0.15) is 42.4 Å². The average Bonchev–Trinajstić information content (AvgIpc) is 2.93. The molecule has 1 amide bonds. The molecule has 8 heteroatoms. The maximum absolute atomic E-state index is 14.0. The molecule has 1 aromatic carbocycles. The topological polar surface area (TPSA) is 65.5 Å². The summed E-state index contributed by atoms with van der Waals surface area (Å²) in [5.74, 6) is 1.43. The second-order valence-corrected chi connectivity index (χ2v) is 7.46. The van der Waals surface area contributed by atoms with Crippen molar-refractivity contribution in [2.24, 2.45) is 0 Å². The minimum absolute atomic E-state index is 0.119. The molecule has 150 valence electrons. The molecule has 1 saturated heterocycles. The van der Waals surface area contributed by atoms with Crippen LogP contribution in [0.15, 0.2) is 24.3 Å². The molecule has 0 aliphatic carbocycles. The van der Waals surface area contributed by atoms with Gasteiger partial charge in [-0.2, -0.15) is 15.0 Å². The lowest BCUT2D eigenvalue weighted by atomic mass is 10.2. The zero-order valence-corrected chi connectivity index (χ0v) is 16.9. The van der Waals surface area contributed by atoms with Crippen molar-refractivity contribution >= 4 is 17.8 Å². The van der Waals surface area contributed by atoms with Crippen molar-refractivity contribution < 1.29 is 9.18 Å². The van der Waals surface area contributed by atoms with Gasteiger partial charge in [0.15, 0.2) is 0 Å². The number of benzene rings is 1. The van der Waals surface area contributed by atoms with Crippen molar-refractivity contribution in [1.82, 2.24) is 19.9 Å². The highest BCUT2D eigenvalue weighted by molar-refractivity contribution is 5.94. The van der Waals surface area contributed by atoms with Crippen molar-refractivity contribution in [3.05, 3.63) is 41.5 Å². The van der Waals surface area contributed by atoms with Gasteiger partial charge in [0, 0.05) is 46.2 Å². The van der Waals surface area contributed by atoms with Crippen LogP contribution in [0.3, 0.4) is 0 Å². The summed E-state index contributed by atoms with van der Waals surface area (Å²) in [6.45, 7) is 6.50. The lowest BCUT2D eigenvalue weighted by Gasteiger charge is -2.24. The van der Waals surface area contributed by atoms with E-state index in [1.165, 1.54) is 12.1 Å². The van der Waals surface area contributed by atoms with Crippen molar-refractivity contribution in [3.8, 4) is 0 Å². The summed E-state index contributed by atoms with van der Waals surface area (Å²) in [5, 5.41) is 0. The van der Waals surface area contributed by atoms with E-state index in [9.17, 15) is 9.18 Å². The number of amides is 1. The van der Waals surface area contributed by atoms with Crippen LogP contribution >= 0.6 is 0 Å². The lowest BCUT2D eigenvalue weighted by Crippen LogP contribution is -2.36. The Bertz CT molecular complexity index is 815. The van der Waals surface area contributed by atoms with Crippen LogP contribution in [0.5, 0.6) is 0 Å². The summed E-state index contributed by atoms with van der Waals surface area (Å²) in [6.07, 6.45) is 0.764. The molecule has 0 saturated carbocycles. The molecule has 0 bridgehead atoms. The summed E-state index contributed by atoms with van der Waals surface area (Å²) in [4.78, 5) is 32.1. The first-order valence-electron chi connectivity index (χ1n) is 9.59. The molecule has 0 unspecified atom stereocenters. The Morgan fingerprint density at radius 3 is 2.50 bits per heavy atom. The van der Waals surface area contributed by atoms with E-state index in [4.69, 9.17) is 0 Å². The number of hydrogen-bond acceptors (Lipinski definition) is 6. The fraction of sp³-hybridized carbons (Fsp3) is 0.500. The van der Waals surface area contributed by atoms with Crippen molar-refractivity contribution in [3.63, 3.8) is 0 Å². The Kier molecular flexibility index (Phi) is 6.06. The number of anilines is 2. The van der Waals surface area contributed by atoms with Crippen LogP contribution < -0.4 is 9.80 Å². The van der Waals surface area contributed by atoms with E-state index in [2.05, 4.69) is 33.7 Å². The number of carbonyl (C=O) groups is 1. The summed E-state index contributed by atoms with van der Waals surface area (Å²) in [5.41, 5.74) is 0.119. The van der Waals surface area contributed by atoms with Gasteiger partial charge in [-0.05, 0) is 18.6 Å². The third-order valence-electron chi connectivity index (χ3n) is 4.72. The maximum atomic E-state index is 14.0. The molecule has 1 aromatic heterocycles. The summed E-state index contributed by atoms with van der Waals surface area (Å²) >= 11 is 0. The third kappa shape index (κ3) is 4.37. The Labute approximate surface area is 165 Å². The molecule has 1 aliphatic heterocycles. The van der Waals surface area contributed by atoms with Gasteiger partial charge < -0.3 is 14.7 Å². The molecule has 1 aliphatic rings. The largest absolute Gasteiger partial charge is 0.347 e. The Balaban J connectivity index is 1.78. The standard InChI is InChI=1S/C20H27FN6O/c1-14(2)17-22-19(25(3)4)24-20(23-17)27-11-7-10-26(12-13-27)18(28)15-8-5-6-9-16(15)21/h5-6,8-9,14H,7,10-13H2,1-4H3. The molecule has 0 atom stereocenters. The first-order chi connectivity index (χ1) is 13.4. The smallest absolute Gasteiger partial charge is 0.256 e. The molecule has 2 heterocycles. The van der Waals surface area contributed by atoms with E-state index in [0.717, 1.165) is 18.8 Å². The van der Waals surface area contributed by atoms with Gasteiger partial charge in [0.2, 0.25) is 11.9 Å². The Morgan fingerprint density at radius 2 is 1.82 bits per heavy atom. The summed E-state index contributed by atoms with van der Waals surface area (Å²) < 4.78 is 14.0. The van der Waals surface area contributed by atoms with Crippen LogP contribution in [0.25, 0.3) is 0 Å². The van der Waals surface area contributed by atoms with Crippen molar-refractivity contribution in [2.75, 3.05) is 50.1 Å². The number of hydrogen-bond donors (Lipinski definition) is 0. The normalized spacial score (nSPS) is 14.9. The number of rotatable bonds is 4.